The lowest BCUT2D eigenvalue weighted by Crippen LogP contribution is -2.50. The van der Waals surface area contributed by atoms with Gasteiger partial charge in [-0.2, -0.15) is 0 Å². The number of rotatable bonds is 11. The first kappa shape index (κ1) is 24.6. The molecule has 31 heavy (non-hydrogen) atoms. The molecule has 2 aromatic rings. The predicted octanol–water partition coefficient (Wildman–Crippen LogP) is 5.21. The second-order valence-corrected chi connectivity index (χ2v) is 8.42. The molecule has 0 aliphatic carbocycles. The van der Waals surface area contributed by atoms with Crippen LogP contribution in [0.25, 0.3) is 0 Å². The van der Waals surface area contributed by atoms with E-state index in [9.17, 15) is 9.59 Å². The topological polar surface area (TPSA) is 49.4 Å². The minimum Gasteiger partial charge on any atom is -0.352 e. The molecular weight excluding hydrogens is 384 g/mol. The molecule has 4 nitrogen and oxygen atoms in total. The number of nitrogens with zero attached hydrogens (tertiary/aromatic N) is 1. The summed E-state index contributed by atoms with van der Waals surface area (Å²) in [6.07, 6.45) is 3.53. The summed E-state index contributed by atoms with van der Waals surface area (Å²) in [5, 5.41) is 3.07. The molecule has 0 aromatic heterocycles. The number of amides is 2. The van der Waals surface area contributed by atoms with E-state index in [1.54, 1.807) is 4.90 Å². The van der Waals surface area contributed by atoms with Crippen LogP contribution in [0.4, 0.5) is 0 Å². The highest BCUT2D eigenvalue weighted by Gasteiger charge is 2.29. The van der Waals surface area contributed by atoms with Crippen LogP contribution in [0.2, 0.25) is 0 Å². The molecule has 168 valence electrons. The summed E-state index contributed by atoms with van der Waals surface area (Å²) in [4.78, 5) is 28.1. The zero-order valence-corrected chi connectivity index (χ0v) is 19.8. The Bertz CT molecular complexity index is 845. The van der Waals surface area contributed by atoms with Crippen molar-refractivity contribution in [2.24, 2.45) is 0 Å². The molecule has 0 bridgehead atoms. The largest absolute Gasteiger partial charge is 0.352 e. The van der Waals surface area contributed by atoms with E-state index < -0.39 is 6.04 Å². The van der Waals surface area contributed by atoms with Crippen molar-refractivity contribution in [3.8, 4) is 0 Å². The normalized spacial score (nSPS) is 12.8. The lowest BCUT2D eigenvalue weighted by molar-refractivity contribution is -0.141. The van der Waals surface area contributed by atoms with E-state index in [1.807, 2.05) is 45.9 Å². The van der Waals surface area contributed by atoms with E-state index in [4.69, 9.17) is 0 Å². The molecule has 2 rings (SSSR count). The van der Waals surface area contributed by atoms with Crippen LogP contribution in [0.3, 0.4) is 0 Å². The number of aryl methyl sites for hydroxylation is 3. The molecule has 0 fully saturated rings. The van der Waals surface area contributed by atoms with Gasteiger partial charge in [0.05, 0.1) is 0 Å². The molecule has 0 spiro atoms. The zero-order valence-electron chi connectivity index (χ0n) is 19.8. The third-order valence-corrected chi connectivity index (χ3v) is 5.88. The molecule has 0 radical (unpaired) electrons. The van der Waals surface area contributed by atoms with Crippen LogP contribution in [0.1, 0.15) is 69.2 Å². The van der Waals surface area contributed by atoms with Crippen molar-refractivity contribution < 1.29 is 9.59 Å². The monoisotopic (exact) mass is 422 g/mol. The number of hydrogen-bond donors (Lipinski definition) is 1. The maximum Gasteiger partial charge on any atom is 0.243 e. The van der Waals surface area contributed by atoms with Gasteiger partial charge in [0.2, 0.25) is 11.8 Å². The fraction of sp³-hybridized carbons (Fsp3) is 0.481. The third-order valence-electron chi connectivity index (χ3n) is 5.88. The first-order valence-electron chi connectivity index (χ1n) is 11.6. The Morgan fingerprint density at radius 1 is 0.935 bits per heavy atom. The van der Waals surface area contributed by atoms with E-state index in [0.717, 1.165) is 29.5 Å². The van der Waals surface area contributed by atoms with Crippen LogP contribution in [0.5, 0.6) is 0 Å². The van der Waals surface area contributed by atoms with Gasteiger partial charge in [-0.25, -0.2) is 0 Å². The van der Waals surface area contributed by atoms with Crippen molar-refractivity contribution in [1.29, 1.82) is 0 Å². The second kappa shape index (κ2) is 12.3. The quantitative estimate of drug-likeness (QED) is 0.540. The molecule has 1 N–H and O–H groups in total. The highest BCUT2D eigenvalue weighted by molar-refractivity contribution is 5.87. The first-order valence-corrected chi connectivity index (χ1v) is 11.6. The summed E-state index contributed by atoms with van der Waals surface area (Å²) >= 11 is 0. The van der Waals surface area contributed by atoms with Gasteiger partial charge in [-0.1, -0.05) is 74.9 Å². The first-order chi connectivity index (χ1) is 14.9. The van der Waals surface area contributed by atoms with Crippen molar-refractivity contribution in [3.05, 3.63) is 70.8 Å². The van der Waals surface area contributed by atoms with Gasteiger partial charge in [0.1, 0.15) is 6.04 Å². The highest BCUT2D eigenvalue weighted by Crippen LogP contribution is 2.17. The molecule has 0 saturated heterocycles. The van der Waals surface area contributed by atoms with E-state index in [1.165, 1.54) is 5.56 Å². The van der Waals surface area contributed by atoms with Crippen molar-refractivity contribution in [3.63, 3.8) is 0 Å². The summed E-state index contributed by atoms with van der Waals surface area (Å²) in [7, 11) is 0. The van der Waals surface area contributed by atoms with Crippen molar-refractivity contribution in [2.45, 2.75) is 85.4 Å². The molecule has 0 aliphatic rings. The molecule has 2 aromatic carbocycles. The molecule has 4 heteroatoms. The van der Waals surface area contributed by atoms with Gasteiger partial charge in [-0.3, -0.25) is 9.59 Å². The molecule has 2 amide bonds. The second-order valence-electron chi connectivity index (χ2n) is 8.42. The number of carbonyl (C=O) groups is 2. The van der Waals surface area contributed by atoms with E-state index in [-0.39, 0.29) is 17.9 Å². The summed E-state index contributed by atoms with van der Waals surface area (Å²) in [5.74, 6) is -0.0441. The summed E-state index contributed by atoms with van der Waals surface area (Å²) in [6.45, 7) is 10.6. The van der Waals surface area contributed by atoms with Gasteiger partial charge in [0, 0.05) is 19.0 Å². The maximum absolute atomic E-state index is 13.3. The van der Waals surface area contributed by atoms with Crippen LogP contribution in [0, 0.1) is 6.92 Å². The van der Waals surface area contributed by atoms with Crippen LogP contribution in [-0.2, 0) is 29.0 Å². The Balaban J connectivity index is 2.19. The minimum atomic E-state index is -0.468. The van der Waals surface area contributed by atoms with Crippen molar-refractivity contribution >= 4 is 11.8 Å². The number of benzene rings is 2. The van der Waals surface area contributed by atoms with Crippen LogP contribution in [-0.4, -0.2) is 28.8 Å². The van der Waals surface area contributed by atoms with E-state index in [0.29, 0.717) is 25.8 Å². The number of carbonyl (C=O) groups excluding carboxylic acids is 2. The fourth-order valence-electron chi connectivity index (χ4n) is 3.70. The number of nitrogens with one attached hydrogen (secondary N) is 1. The lowest BCUT2D eigenvalue weighted by Gasteiger charge is -2.31. The number of hydrogen-bond acceptors (Lipinski definition) is 2. The third kappa shape index (κ3) is 7.54. The minimum absolute atomic E-state index is 0.0206. The van der Waals surface area contributed by atoms with Gasteiger partial charge in [0.25, 0.3) is 0 Å². The Morgan fingerprint density at radius 2 is 1.61 bits per heavy atom. The average molecular weight is 423 g/mol. The fourth-order valence-corrected chi connectivity index (χ4v) is 3.70. The summed E-state index contributed by atoms with van der Waals surface area (Å²) in [5.41, 5.74) is 4.65. The lowest BCUT2D eigenvalue weighted by atomic mass is 10.0. The molecule has 0 aliphatic heterocycles. The van der Waals surface area contributed by atoms with Crippen LogP contribution >= 0.6 is 0 Å². The molecule has 0 heterocycles. The highest BCUT2D eigenvalue weighted by atomic mass is 16.2. The Hall–Kier alpha value is -2.62. The smallest absolute Gasteiger partial charge is 0.243 e. The van der Waals surface area contributed by atoms with Gasteiger partial charge in [0.15, 0.2) is 0 Å². The average Bonchev–Trinajstić information content (AvgIpc) is 2.77. The van der Waals surface area contributed by atoms with Crippen LogP contribution < -0.4 is 5.32 Å². The van der Waals surface area contributed by atoms with Gasteiger partial charge < -0.3 is 10.2 Å². The van der Waals surface area contributed by atoms with Crippen molar-refractivity contribution in [2.75, 3.05) is 0 Å². The standard InChI is InChI=1S/C27H38N2O2/c1-6-21(5)28-27(31)25(8-3)29(19-24-11-9-10-20(4)18-24)26(30)17-16-23-14-12-22(7-2)13-15-23/h9-15,18,21,25H,6-8,16-17,19H2,1-5H3,(H,28,31)/t21-,25+/m1/s1. The molecule has 0 saturated carbocycles. The molecule has 0 unspecified atom stereocenters. The van der Waals surface area contributed by atoms with Crippen LogP contribution in [0.15, 0.2) is 48.5 Å². The van der Waals surface area contributed by atoms with Crippen molar-refractivity contribution in [1.82, 2.24) is 10.2 Å². The van der Waals surface area contributed by atoms with E-state index in [2.05, 4.69) is 42.6 Å². The van der Waals surface area contributed by atoms with Gasteiger partial charge >= 0.3 is 0 Å². The summed E-state index contributed by atoms with van der Waals surface area (Å²) in [6, 6.07) is 16.2. The van der Waals surface area contributed by atoms with Gasteiger partial charge in [-0.15, -0.1) is 0 Å². The van der Waals surface area contributed by atoms with E-state index >= 15 is 0 Å². The Morgan fingerprint density at radius 3 is 2.19 bits per heavy atom. The Kier molecular flexibility index (Phi) is 9.77. The maximum atomic E-state index is 13.3. The SMILES string of the molecule is CCc1ccc(CCC(=O)N(Cc2cccc(C)c2)[C@@H](CC)C(=O)N[C@H](C)CC)cc1. The van der Waals surface area contributed by atoms with Gasteiger partial charge in [-0.05, 0) is 56.2 Å². The zero-order chi connectivity index (χ0) is 22.8. The Labute approximate surface area is 188 Å². The predicted molar refractivity (Wildman–Crippen MR) is 128 cm³/mol. The molecule has 2 atom stereocenters. The summed E-state index contributed by atoms with van der Waals surface area (Å²) < 4.78 is 0. The molecular formula is C27H38N2O2.